The number of halogens is 1. The highest BCUT2D eigenvalue weighted by Gasteiger charge is 2.27. The minimum Gasteiger partial charge on any atom is -0.370 e. The van der Waals surface area contributed by atoms with Crippen LogP contribution < -0.4 is 10.5 Å². The Morgan fingerprint density at radius 3 is 2.46 bits per heavy atom. The zero-order valence-corrected chi connectivity index (χ0v) is 17.5. The summed E-state index contributed by atoms with van der Waals surface area (Å²) in [6, 6.07) is 7.84. The second-order valence-electron chi connectivity index (χ2n) is 6.32. The van der Waals surface area contributed by atoms with E-state index < -0.39 is 10.0 Å². The Labute approximate surface area is 162 Å². The number of sulfonamides is 1. The van der Waals surface area contributed by atoms with Gasteiger partial charge in [0.2, 0.25) is 10.0 Å². The molecule has 1 aliphatic carbocycles. The number of nitrogens with two attached hydrogens (primary N) is 1. The first kappa shape index (κ1) is 21.2. The van der Waals surface area contributed by atoms with E-state index in [0.717, 1.165) is 24.0 Å². The van der Waals surface area contributed by atoms with E-state index in [1.165, 1.54) is 0 Å². The second kappa shape index (κ2) is 9.00. The highest BCUT2D eigenvalue weighted by atomic mass is 127. The van der Waals surface area contributed by atoms with Gasteiger partial charge < -0.3 is 10.6 Å². The summed E-state index contributed by atoms with van der Waals surface area (Å²) < 4.78 is 26.9. The number of rotatable bonds is 7. The SMILES string of the molecule is CC(C)NS(=O)(=O)Cc1ccccc1CN=C(N)N(C)C1CC1.I. The van der Waals surface area contributed by atoms with Crippen molar-refractivity contribution in [3.8, 4) is 0 Å². The van der Waals surface area contributed by atoms with Crippen molar-refractivity contribution in [2.45, 2.75) is 51.1 Å². The van der Waals surface area contributed by atoms with Gasteiger partial charge >= 0.3 is 0 Å². The van der Waals surface area contributed by atoms with Crippen molar-refractivity contribution in [2.75, 3.05) is 7.05 Å². The van der Waals surface area contributed by atoms with E-state index in [4.69, 9.17) is 5.73 Å². The molecule has 0 heterocycles. The van der Waals surface area contributed by atoms with Crippen LogP contribution in [0.3, 0.4) is 0 Å². The van der Waals surface area contributed by atoms with Gasteiger partial charge in [0.1, 0.15) is 0 Å². The maximum Gasteiger partial charge on any atom is 0.216 e. The van der Waals surface area contributed by atoms with E-state index in [9.17, 15) is 8.42 Å². The summed E-state index contributed by atoms with van der Waals surface area (Å²) in [7, 11) is -1.41. The molecule has 0 atom stereocenters. The minimum atomic E-state index is -3.35. The molecule has 8 heteroatoms. The summed E-state index contributed by atoms with van der Waals surface area (Å²) in [6.07, 6.45) is 2.31. The summed E-state index contributed by atoms with van der Waals surface area (Å²) in [6.45, 7) is 4.00. The first-order valence-electron chi connectivity index (χ1n) is 7.88. The molecule has 1 fully saturated rings. The smallest absolute Gasteiger partial charge is 0.216 e. The van der Waals surface area contributed by atoms with Crippen molar-refractivity contribution in [1.29, 1.82) is 0 Å². The molecule has 0 amide bonds. The maximum atomic E-state index is 12.1. The van der Waals surface area contributed by atoms with Gasteiger partial charge in [0.25, 0.3) is 0 Å². The predicted molar refractivity (Wildman–Crippen MR) is 109 cm³/mol. The Bertz CT molecular complexity index is 672. The first-order chi connectivity index (χ1) is 10.8. The van der Waals surface area contributed by atoms with Crippen LogP contribution in [-0.4, -0.2) is 38.4 Å². The van der Waals surface area contributed by atoms with Gasteiger partial charge in [-0.15, -0.1) is 24.0 Å². The monoisotopic (exact) mass is 466 g/mol. The van der Waals surface area contributed by atoms with Crippen LogP contribution in [0.5, 0.6) is 0 Å². The average Bonchev–Trinajstić information content (AvgIpc) is 3.28. The largest absolute Gasteiger partial charge is 0.370 e. The normalized spacial score (nSPS) is 15.2. The van der Waals surface area contributed by atoms with E-state index >= 15 is 0 Å². The van der Waals surface area contributed by atoms with Crippen LogP contribution in [0.4, 0.5) is 0 Å². The molecule has 24 heavy (non-hydrogen) atoms. The van der Waals surface area contributed by atoms with Crippen LogP contribution in [0.2, 0.25) is 0 Å². The molecule has 6 nitrogen and oxygen atoms in total. The lowest BCUT2D eigenvalue weighted by molar-refractivity contribution is 0.487. The topological polar surface area (TPSA) is 87.8 Å². The molecule has 1 saturated carbocycles. The van der Waals surface area contributed by atoms with Crippen molar-refractivity contribution in [1.82, 2.24) is 9.62 Å². The predicted octanol–water partition coefficient (Wildman–Crippen LogP) is 2.04. The van der Waals surface area contributed by atoms with Gasteiger partial charge in [-0.1, -0.05) is 24.3 Å². The Balaban J connectivity index is 0.00000288. The van der Waals surface area contributed by atoms with Crippen LogP contribution in [-0.2, 0) is 22.3 Å². The molecule has 3 N–H and O–H groups in total. The lowest BCUT2D eigenvalue weighted by Gasteiger charge is -2.17. The van der Waals surface area contributed by atoms with Gasteiger partial charge in [-0.25, -0.2) is 18.1 Å². The van der Waals surface area contributed by atoms with Crippen molar-refractivity contribution in [3.63, 3.8) is 0 Å². The Morgan fingerprint density at radius 1 is 1.33 bits per heavy atom. The third kappa shape index (κ3) is 6.56. The van der Waals surface area contributed by atoms with Crippen LogP contribution in [0.1, 0.15) is 37.8 Å². The number of hydrogen-bond acceptors (Lipinski definition) is 3. The molecular formula is C16H27IN4O2S. The highest BCUT2D eigenvalue weighted by Crippen LogP contribution is 2.25. The van der Waals surface area contributed by atoms with Crippen LogP contribution in [0, 0.1) is 0 Å². The fourth-order valence-corrected chi connectivity index (χ4v) is 3.88. The quantitative estimate of drug-likeness (QED) is 0.366. The number of hydrogen-bond donors (Lipinski definition) is 2. The van der Waals surface area contributed by atoms with Crippen molar-refractivity contribution < 1.29 is 8.42 Å². The van der Waals surface area contributed by atoms with E-state index in [1.807, 2.05) is 50.1 Å². The molecular weight excluding hydrogens is 439 g/mol. The molecule has 1 aromatic rings. The molecule has 0 unspecified atom stereocenters. The number of benzene rings is 1. The third-order valence-electron chi connectivity index (χ3n) is 3.75. The molecule has 2 rings (SSSR count). The fraction of sp³-hybridized carbons (Fsp3) is 0.562. The van der Waals surface area contributed by atoms with Crippen LogP contribution in [0.15, 0.2) is 29.3 Å². The van der Waals surface area contributed by atoms with Crippen LogP contribution in [0.25, 0.3) is 0 Å². The first-order valence-corrected chi connectivity index (χ1v) is 9.53. The molecule has 136 valence electrons. The Morgan fingerprint density at radius 2 is 1.92 bits per heavy atom. The van der Waals surface area contributed by atoms with E-state index in [1.54, 1.807) is 0 Å². The number of nitrogens with one attached hydrogen (secondary N) is 1. The molecule has 0 radical (unpaired) electrons. The van der Waals surface area contributed by atoms with Crippen molar-refractivity contribution in [3.05, 3.63) is 35.4 Å². The van der Waals surface area contributed by atoms with Gasteiger partial charge in [0.05, 0.1) is 12.3 Å². The molecule has 1 aliphatic rings. The number of nitrogens with zero attached hydrogens (tertiary/aromatic N) is 2. The minimum absolute atomic E-state index is 0. The molecule has 0 aliphatic heterocycles. The molecule has 0 saturated heterocycles. The van der Waals surface area contributed by atoms with Gasteiger partial charge in [-0.3, -0.25) is 0 Å². The second-order valence-corrected chi connectivity index (χ2v) is 8.07. The van der Waals surface area contributed by atoms with Crippen molar-refractivity contribution >= 4 is 40.0 Å². The molecule has 0 aromatic heterocycles. The summed E-state index contributed by atoms with van der Waals surface area (Å²) in [5.41, 5.74) is 7.63. The summed E-state index contributed by atoms with van der Waals surface area (Å²) in [5.74, 6) is 0.459. The summed E-state index contributed by atoms with van der Waals surface area (Å²) in [4.78, 5) is 6.40. The Kier molecular flexibility index (Phi) is 7.94. The zero-order chi connectivity index (χ0) is 17.0. The standard InChI is InChI=1S/C16H26N4O2S.HI/c1-12(2)19-23(21,22)11-14-7-5-4-6-13(14)10-18-16(17)20(3)15-8-9-15;/h4-7,12,15,19H,8-11H2,1-3H3,(H2,17,18);1H. The van der Waals surface area contributed by atoms with Gasteiger partial charge in [0, 0.05) is 19.1 Å². The summed E-state index contributed by atoms with van der Waals surface area (Å²) in [5, 5.41) is 0. The molecule has 0 bridgehead atoms. The van der Waals surface area contributed by atoms with E-state index in [0.29, 0.717) is 18.5 Å². The molecule has 1 aromatic carbocycles. The zero-order valence-electron chi connectivity index (χ0n) is 14.4. The molecule has 0 spiro atoms. The van der Waals surface area contributed by atoms with Gasteiger partial charge in [-0.2, -0.15) is 0 Å². The fourth-order valence-electron chi connectivity index (χ4n) is 2.38. The average molecular weight is 466 g/mol. The lowest BCUT2D eigenvalue weighted by atomic mass is 10.1. The van der Waals surface area contributed by atoms with E-state index in [2.05, 4.69) is 9.71 Å². The lowest BCUT2D eigenvalue weighted by Crippen LogP contribution is -2.35. The van der Waals surface area contributed by atoms with E-state index in [-0.39, 0.29) is 35.8 Å². The van der Waals surface area contributed by atoms with Gasteiger partial charge in [-0.05, 0) is 37.8 Å². The third-order valence-corrected chi connectivity index (χ3v) is 5.27. The maximum absolute atomic E-state index is 12.1. The highest BCUT2D eigenvalue weighted by molar-refractivity contribution is 14.0. The Hall–Kier alpha value is -0.870. The number of guanidine groups is 1. The number of aliphatic imine (C=N–C) groups is 1. The summed E-state index contributed by atoms with van der Waals surface area (Å²) >= 11 is 0. The van der Waals surface area contributed by atoms with Crippen LogP contribution >= 0.6 is 24.0 Å². The van der Waals surface area contributed by atoms with Crippen molar-refractivity contribution in [2.24, 2.45) is 10.7 Å². The van der Waals surface area contributed by atoms with Gasteiger partial charge in [0.15, 0.2) is 5.96 Å².